The van der Waals surface area contributed by atoms with Gasteiger partial charge in [-0.15, -0.1) is 0 Å². The van der Waals surface area contributed by atoms with Crippen LogP contribution in [-0.4, -0.2) is 54.6 Å². The Bertz CT molecular complexity index is 436. The molecular formula is C12H21N5O. The third-order valence-corrected chi connectivity index (χ3v) is 3.26. The number of aryl methyl sites for hydroxylation is 1. The van der Waals surface area contributed by atoms with Gasteiger partial charge in [-0.3, -0.25) is 4.79 Å². The number of nitrogens with two attached hydrogens (primary N) is 1. The highest BCUT2D eigenvalue weighted by molar-refractivity contribution is 5.37. The third kappa shape index (κ3) is 3.08. The zero-order valence-electron chi connectivity index (χ0n) is 10.9. The van der Waals surface area contributed by atoms with Crippen LogP contribution in [-0.2, 0) is 6.42 Å². The molecule has 0 radical (unpaired) electrons. The fourth-order valence-corrected chi connectivity index (χ4v) is 2.08. The predicted octanol–water partition coefficient (Wildman–Crippen LogP) is -0.587. The fraction of sp³-hybridized carbons (Fsp3) is 0.667. The topological polar surface area (TPSA) is 78.2 Å². The first kappa shape index (κ1) is 13.0. The Morgan fingerprint density at radius 1 is 1.39 bits per heavy atom. The Morgan fingerprint density at radius 3 is 2.78 bits per heavy atom. The molecule has 0 amide bonds. The van der Waals surface area contributed by atoms with Gasteiger partial charge < -0.3 is 20.5 Å². The molecule has 6 heteroatoms. The van der Waals surface area contributed by atoms with E-state index in [0.29, 0.717) is 12.4 Å². The van der Waals surface area contributed by atoms with E-state index >= 15 is 0 Å². The van der Waals surface area contributed by atoms with Gasteiger partial charge >= 0.3 is 0 Å². The van der Waals surface area contributed by atoms with Gasteiger partial charge in [0.1, 0.15) is 0 Å². The van der Waals surface area contributed by atoms with Crippen LogP contribution >= 0.6 is 0 Å². The maximum atomic E-state index is 11.8. The lowest BCUT2D eigenvalue weighted by Crippen LogP contribution is -2.46. The Labute approximate surface area is 107 Å². The lowest BCUT2D eigenvalue weighted by molar-refractivity contribution is 0.311. The molecule has 2 rings (SSSR count). The van der Waals surface area contributed by atoms with E-state index in [2.05, 4.69) is 26.8 Å². The monoisotopic (exact) mass is 251 g/mol. The second-order valence-electron chi connectivity index (χ2n) is 4.73. The summed E-state index contributed by atoms with van der Waals surface area (Å²) < 4.78 is 0. The minimum atomic E-state index is -0.101. The molecule has 1 saturated heterocycles. The maximum absolute atomic E-state index is 11.8. The second-order valence-corrected chi connectivity index (χ2v) is 4.73. The summed E-state index contributed by atoms with van der Waals surface area (Å²) in [6.07, 6.45) is 3.40. The first-order valence-electron chi connectivity index (χ1n) is 6.43. The Kier molecular flexibility index (Phi) is 4.33. The van der Waals surface area contributed by atoms with Crippen LogP contribution in [0, 0.1) is 0 Å². The minimum Gasteiger partial charge on any atom is -0.349 e. The summed E-state index contributed by atoms with van der Waals surface area (Å²) in [6.45, 7) is 4.28. The number of hydrogen-bond acceptors (Lipinski definition) is 5. The molecular weight excluding hydrogens is 230 g/mol. The summed E-state index contributed by atoms with van der Waals surface area (Å²) in [5, 5.41) is 0. The number of rotatable bonds is 4. The average Bonchev–Trinajstić information content (AvgIpc) is 2.39. The van der Waals surface area contributed by atoms with Crippen molar-refractivity contribution in [2.24, 2.45) is 5.73 Å². The van der Waals surface area contributed by atoms with Crippen molar-refractivity contribution in [3.8, 4) is 0 Å². The fourth-order valence-electron chi connectivity index (χ4n) is 2.08. The van der Waals surface area contributed by atoms with Crippen LogP contribution in [0.25, 0.3) is 0 Å². The molecule has 0 spiro atoms. The van der Waals surface area contributed by atoms with Crippen molar-refractivity contribution in [2.45, 2.75) is 12.8 Å². The molecule has 2 heterocycles. The van der Waals surface area contributed by atoms with E-state index in [1.165, 1.54) is 0 Å². The molecule has 1 fully saturated rings. The van der Waals surface area contributed by atoms with Gasteiger partial charge in [0.15, 0.2) is 5.82 Å². The summed E-state index contributed by atoms with van der Waals surface area (Å²) in [5.74, 6) is 0.553. The van der Waals surface area contributed by atoms with Crippen molar-refractivity contribution in [3.05, 3.63) is 22.2 Å². The van der Waals surface area contributed by atoms with Crippen LogP contribution < -0.4 is 16.2 Å². The van der Waals surface area contributed by atoms with Crippen LogP contribution in [0.1, 0.15) is 12.1 Å². The van der Waals surface area contributed by atoms with Crippen molar-refractivity contribution < 1.29 is 0 Å². The summed E-state index contributed by atoms with van der Waals surface area (Å²) in [6, 6.07) is 0. The van der Waals surface area contributed by atoms with E-state index < -0.39 is 0 Å². The highest BCUT2D eigenvalue weighted by Gasteiger charge is 2.18. The van der Waals surface area contributed by atoms with Crippen molar-refractivity contribution in [1.82, 2.24) is 14.9 Å². The van der Waals surface area contributed by atoms with Crippen molar-refractivity contribution in [3.63, 3.8) is 0 Å². The Balaban J connectivity index is 2.13. The molecule has 0 aliphatic carbocycles. The Hall–Kier alpha value is -1.40. The van der Waals surface area contributed by atoms with Crippen LogP contribution in [0.2, 0.25) is 0 Å². The van der Waals surface area contributed by atoms with Crippen molar-refractivity contribution >= 4 is 5.82 Å². The molecule has 100 valence electrons. The first-order chi connectivity index (χ1) is 8.70. The maximum Gasteiger partial charge on any atom is 0.290 e. The molecule has 1 aliphatic heterocycles. The van der Waals surface area contributed by atoms with E-state index in [0.717, 1.165) is 44.7 Å². The van der Waals surface area contributed by atoms with Crippen LogP contribution in [0.3, 0.4) is 0 Å². The quantitative estimate of drug-likeness (QED) is 0.748. The minimum absolute atomic E-state index is 0.101. The van der Waals surface area contributed by atoms with Gasteiger partial charge in [-0.05, 0) is 26.4 Å². The number of hydrogen-bond donors (Lipinski definition) is 2. The highest BCUT2D eigenvalue weighted by atomic mass is 16.1. The zero-order chi connectivity index (χ0) is 13.0. The number of nitrogens with one attached hydrogen (secondary N) is 1. The largest absolute Gasteiger partial charge is 0.349 e. The third-order valence-electron chi connectivity index (χ3n) is 3.26. The van der Waals surface area contributed by atoms with Gasteiger partial charge in [-0.1, -0.05) is 0 Å². The van der Waals surface area contributed by atoms with Crippen LogP contribution in [0.15, 0.2) is 11.0 Å². The van der Waals surface area contributed by atoms with E-state index in [1.54, 1.807) is 6.20 Å². The SMILES string of the molecule is CN1CCN(c2nc(CCCN)c[nH]c2=O)CC1. The molecule has 1 aliphatic rings. The molecule has 0 bridgehead atoms. The van der Waals surface area contributed by atoms with E-state index in [-0.39, 0.29) is 5.56 Å². The van der Waals surface area contributed by atoms with E-state index in [4.69, 9.17) is 5.73 Å². The highest BCUT2D eigenvalue weighted by Crippen LogP contribution is 2.09. The van der Waals surface area contributed by atoms with Gasteiger partial charge in [0.25, 0.3) is 5.56 Å². The van der Waals surface area contributed by atoms with Crippen LogP contribution in [0.4, 0.5) is 5.82 Å². The van der Waals surface area contributed by atoms with Gasteiger partial charge in [-0.2, -0.15) is 0 Å². The standard InChI is InChI=1S/C12H21N5O/c1-16-5-7-17(8-6-16)11-12(18)14-9-10(15-11)3-2-4-13/h9H,2-8,13H2,1H3,(H,14,18). The Morgan fingerprint density at radius 2 is 2.11 bits per heavy atom. The molecule has 0 saturated carbocycles. The van der Waals surface area contributed by atoms with Gasteiger partial charge in [0.2, 0.25) is 0 Å². The van der Waals surface area contributed by atoms with Gasteiger partial charge in [-0.25, -0.2) is 4.98 Å². The number of aromatic nitrogens is 2. The molecule has 0 unspecified atom stereocenters. The molecule has 0 atom stereocenters. The van der Waals surface area contributed by atoms with Gasteiger partial charge in [0.05, 0.1) is 5.69 Å². The van der Waals surface area contributed by atoms with Crippen LogP contribution in [0.5, 0.6) is 0 Å². The summed E-state index contributed by atoms with van der Waals surface area (Å²) in [5.41, 5.74) is 6.30. The number of piperazine rings is 1. The van der Waals surface area contributed by atoms with Crippen molar-refractivity contribution in [2.75, 3.05) is 44.7 Å². The summed E-state index contributed by atoms with van der Waals surface area (Å²) in [4.78, 5) is 23.4. The lowest BCUT2D eigenvalue weighted by Gasteiger charge is -2.32. The molecule has 1 aromatic heterocycles. The van der Waals surface area contributed by atoms with Gasteiger partial charge in [0, 0.05) is 32.4 Å². The number of nitrogens with zero attached hydrogens (tertiary/aromatic N) is 3. The number of aromatic amines is 1. The number of anilines is 1. The van der Waals surface area contributed by atoms with Crippen molar-refractivity contribution in [1.29, 1.82) is 0 Å². The van der Waals surface area contributed by atoms with E-state index in [9.17, 15) is 4.79 Å². The normalized spacial score (nSPS) is 17.1. The predicted molar refractivity (Wildman–Crippen MR) is 71.9 cm³/mol. The smallest absolute Gasteiger partial charge is 0.290 e. The molecule has 6 nitrogen and oxygen atoms in total. The molecule has 0 aromatic carbocycles. The first-order valence-corrected chi connectivity index (χ1v) is 6.43. The second kappa shape index (κ2) is 5.97. The lowest BCUT2D eigenvalue weighted by atomic mass is 10.2. The number of H-pyrrole nitrogens is 1. The summed E-state index contributed by atoms with van der Waals surface area (Å²) in [7, 11) is 2.09. The van der Waals surface area contributed by atoms with E-state index in [1.807, 2.05) is 0 Å². The zero-order valence-corrected chi connectivity index (χ0v) is 10.9. The summed E-state index contributed by atoms with van der Waals surface area (Å²) >= 11 is 0. The number of likely N-dealkylation sites (N-methyl/N-ethyl adjacent to an activating group) is 1. The molecule has 1 aromatic rings. The molecule has 18 heavy (non-hydrogen) atoms. The average molecular weight is 251 g/mol. The molecule has 3 N–H and O–H groups in total.